The highest BCUT2D eigenvalue weighted by Gasteiger charge is 2.15. The zero-order chi connectivity index (χ0) is 14.6. The van der Waals surface area contributed by atoms with Gasteiger partial charge in [0.05, 0.1) is 18.5 Å². The fourth-order valence-electron chi connectivity index (χ4n) is 1.66. The quantitative estimate of drug-likeness (QED) is 0.770. The maximum atomic E-state index is 12.0. The number of benzene rings is 1. The highest BCUT2D eigenvalue weighted by Crippen LogP contribution is 2.12. The van der Waals surface area contributed by atoms with Gasteiger partial charge in [0, 0.05) is 11.6 Å². The summed E-state index contributed by atoms with van der Waals surface area (Å²) in [5.41, 5.74) is 6.70. The van der Waals surface area contributed by atoms with Gasteiger partial charge in [-0.25, -0.2) is 13.1 Å². The Morgan fingerprint density at radius 1 is 1.35 bits per heavy atom. The van der Waals surface area contributed by atoms with Crippen molar-refractivity contribution in [3.05, 3.63) is 53.4 Å². The first kappa shape index (κ1) is 14.6. The molecular formula is C12H13N3O3S2. The predicted octanol–water partition coefficient (Wildman–Crippen LogP) is 0.928. The minimum Gasteiger partial charge on any atom is -0.389 e. The average Bonchev–Trinajstić information content (AvgIpc) is 2.89. The van der Waals surface area contributed by atoms with Crippen molar-refractivity contribution in [2.24, 2.45) is 5.73 Å². The van der Waals surface area contributed by atoms with Crippen molar-refractivity contribution < 1.29 is 12.9 Å². The van der Waals surface area contributed by atoms with E-state index in [9.17, 15) is 8.42 Å². The van der Waals surface area contributed by atoms with Crippen LogP contribution >= 0.6 is 12.2 Å². The molecule has 20 heavy (non-hydrogen) atoms. The summed E-state index contributed by atoms with van der Waals surface area (Å²) in [6, 6.07) is 8.47. The fourth-order valence-corrected chi connectivity index (χ4v) is 2.98. The number of hydrogen-bond acceptors (Lipinski definition) is 5. The van der Waals surface area contributed by atoms with E-state index < -0.39 is 10.0 Å². The number of thiocarbonyl (C=S) groups is 1. The molecule has 1 heterocycles. The van der Waals surface area contributed by atoms with Gasteiger partial charge in [-0.15, -0.1) is 0 Å². The van der Waals surface area contributed by atoms with Crippen molar-refractivity contribution in [1.29, 1.82) is 0 Å². The average molecular weight is 311 g/mol. The molecule has 0 spiro atoms. The monoisotopic (exact) mass is 311 g/mol. The second-order valence-corrected chi connectivity index (χ2v) is 6.33. The van der Waals surface area contributed by atoms with Crippen LogP contribution in [0.3, 0.4) is 0 Å². The third-order valence-corrected chi connectivity index (χ3v) is 4.08. The van der Waals surface area contributed by atoms with Crippen LogP contribution in [0.25, 0.3) is 0 Å². The summed E-state index contributed by atoms with van der Waals surface area (Å²) in [4.78, 5) is 0.172. The van der Waals surface area contributed by atoms with Gasteiger partial charge in [-0.05, 0) is 5.56 Å². The molecule has 0 aliphatic heterocycles. The molecule has 2 aromatic rings. The summed E-state index contributed by atoms with van der Waals surface area (Å²) in [6.45, 7) is 0.0531. The molecule has 106 valence electrons. The standard InChI is InChI=1S/C12H13N3O3S2/c13-12(19)11-4-2-1-3-9(11)8-20(16,17)15-7-10-5-6-14-18-10/h1-6,15H,7-8H2,(H2,13,19). The Morgan fingerprint density at radius 3 is 2.75 bits per heavy atom. The molecule has 0 unspecified atom stereocenters. The third-order valence-electron chi connectivity index (χ3n) is 2.59. The Hall–Kier alpha value is -1.77. The van der Waals surface area contributed by atoms with Gasteiger partial charge in [0.1, 0.15) is 4.99 Å². The summed E-state index contributed by atoms with van der Waals surface area (Å²) in [5.74, 6) is 0.241. The maximum Gasteiger partial charge on any atom is 0.216 e. The van der Waals surface area contributed by atoms with Gasteiger partial charge >= 0.3 is 0 Å². The molecule has 0 aliphatic rings. The fraction of sp³-hybridized carbons (Fsp3) is 0.167. The third kappa shape index (κ3) is 3.86. The number of sulfonamides is 1. The zero-order valence-electron chi connectivity index (χ0n) is 10.4. The van der Waals surface area contributed by atoms with Crippen LogP contribution in [0.5, 0.6) is 0 Å². The van der Waals surface area contributed by atoms with Gasteiger partial charge < -0.3 is 10.3 Å². The zero-order valence-corrected chi connectivity index (χ0v) is 12.1. The normalized spacial score (nSPS) is 11.4. The Kier molecular flexibility index (Phi) is 4.48. The number of rotatable bonds is 6. The molecule has 0 radical (unpaired) electrons. The van der Waals surface area contributed by atoms with Gasteiger partial charge in [-0.3, -0.25) is 0 Å². The largest absolute Gasteiger partial charge is 0.389 e. The molecule has 1 aromatic heterocycles. The summed E-state index contributed by atoms with van der Waals surface area (Å²) in [5, 5.41) is 3.50. The molecule has 2 rings (SSSR count). The first-order chi connectivity index (χ1) is 9.48. The van der Waals surface area contributed by atoms with E-state index >= 15 is 0 Å². The number of nitrogens with two attached hydrogens (primary N) is 1. The summed E-state index contributed by atoms with van der Waals surface area (Å²) >= 11 is 4.91. The second kappa shape index (κ2) is 6.12. The van der Waals surface area contributed by atoms with Crippen LogP contribution in [0.15, 0.2) is 41.1 Å². The lowest BCUT2D eigenvalue weighted by Crippen LogP contribution is -2.25. The Bertz CT molecular complexity index is 696. The van der Waals surface area contributed by atoms with E-state index in [1.54, 1.807) is 30.3 Å². The van der Waals surface area contributed by atoms with E-state index in [0.717, 1.165) is 0 Å². The van der Waals surface area contributed by atoms with Gasteiger partial charge in [-0.1, -0.05) is 41.6 Å². The van der Waals surface area contributed by atoms with E-state index in [-0.39, 0.29) is 17.3 Å². The van der Waals surface area contributed by atoms with E-state index in [4.69, 9.17) is 22.5 Å². The summed E-state index contributed by atoms with van der Waals surface area (Å²) in [7, 11) is -3.52. The lowest BCUT2D eigenvalue weighted by molar-refractivity contribution is 0.380. The number of nitrogens with zero attached hydrogens (tertiary/aromatic N) is 1. The Balaban J connectivity index is 2.10. The van der Waals surface area contributed by atoms with Crippen LogP contribution in [0.1, 0.15) is 16.9 Å². The van der Waals surface area contributed by atoms with Gasteiger partial charge in [0.2, 0.25) is 10.0 Å². The first-order valence-corrected chi connectivity index (χ1v) is 7.78. The number of hydrogen-bond donors (Lipinski definition) is 2. The topological polar surface area (TPSA) is 98.2 Å². The molecule has 6 nitrogen and oxygen atoms in total. The smallest absolute Gasteiger partial charge is 0.216 e. The van der Waals surface area contributed by atoms with Crippen LogP contribution in [0.4, 0.5) is 0 Å². The molecule has 0 fully saturated rings. The van der Waals surface area contributed by atoms with Crippen molar-refractivity contribution in [2.75, 3.05) is 0 Å². The van der Waals surface area contributed by atoms with Crippen LogP contribution in [-0.4, -0.2) is 18.6 Å². The molecule has 0 aliphatic carbocycles. The molecular weight excluding hydrogens is 298 g/mol. The minimum absolute atomic E-state index is 0.0531. The Morgan fingerprint density at radius 2 is 2.10 bits per heavy atom. The summed E-state index contributed by atoms with van der Waals surface area (Å²) in [6.07, 6.45) is 1.45. The number of nitrogens with one attached hydrogen (secondary N) is 1. The van der Waals surface area contributed by atoms with Crippen molar-refractivity contribution >= 4 is 27.2 Å². The molecule has 0 saturated heterocycles. The highest BCUT2D eigenvalue weighted by molar-refractivity contribution is 7.88. The first-order valence-electron chi connectivity index (χ1n) is 5.72. The van der Waals surface area contributed by atoms with E-state index in [0.29, 0.717) is 16.9 Å². The van der Waals surface area contributed by atoms with Crippen molar-refractivity contribution in [3.8, 4) is 0 Å². The molecule has 0 atom stereocenters. The molecule has 8 heteroatoms. The molecule has 0 saturated carbocycles. The predicted molar refractivity (Wildman–Crippen MR) is 78.3 cm³/mol. The van der Waals surface area contributed by atoms with Crippen LogP contribution in [0.2, 0.25) is 0 Å². The SMILES string of the molecule is NC(=S)c1ccccc1CS(=O)(=O)NCc1ccno1. The van der Waals surface area contributed by atoms with Crippen molar-refractivity contribution in [1.82, 2.24) is 9.88 Å². The molecule has 3 N–H and O–H groups in total. The van der Waals surface area contributed by atoms with Gasteiger partial charge in [0.25, 0.3) is 0 Å². The lowest BCUT2D eigenvalue weighted by Gasteiger charge is -2.09. The Labute approximate surface area is 122 Å². The number of aromatic nitrogens is 1. The van der Waals surface area contributed by atoms with E-state index in [2.05, 4.69) is 9.88 Å². The van der Waals surface area contributed by atoms with Crippen LogP contribution in [-0.2, 0) is 22.3 Å². The molecule has 0 bridgehead atoms. The molecule has 1 aromatic carbocycles. The summed E-state index contributed by atoms with van der Waals surface area (Å²) < 4.78 is 31.3. The van der Waals surface area contributed by atoms with Gasteiger partial charge in [-0.2, -0.15) is 0 Å². The van der Waals surface area contributed by atoms with E-state index in [1.807, 2.05) is 0 Å². The lowest BCUT2D eigenvalue weighted by atomic mass is 10.1. The van der Waals surface area contributed by atoms with Crippen LogP contribution < -0.4 is 10.5 Å². The molecule has 0 amide bonds. The van der Waals surface area contributed by atoms with Crippen LogP contribution in [0, 0.1) is 0 Å². The second-order valence-electron chi connectivity index (χ2n) is 4.08. The van der Waals surface area contributed by atoms with Crippen molar-refractivity contribution in [3.63, 3.8) is 0 Å². The van der Waals surface area contributed by atoms with Gasteiger partial charge in [0.15, 0.2) is 5.76 Å². The highest BCUT2D eigenvalue weighted by atomic mass is 32.2. The van der Waals surface area contributed by atoms with E-state index in [1.165, 1.54) is 6.20 Å². The maximum absolute atomic E-state index is 12.0. The minimum atomic E-state index is -3.52. The van der Waals surface area contributed by atoms with Crippen molar-refractivity contribution in [2.45, 2.75) is 12.3 Å².